The lowest BCUT2D eigenvalue weighted by Gasteiger charge is -2.42. The fourth-order valence-electron chi connectivity index (χ4n) is 3.18. The number of methoxy groups -OCH3 is 1. The Balaban J connectivity index is 2.20. The predicted molar refractivity (Wildman–Crippen MR) is 107 cm³/mol. The van der Waals surface area contributed by atoms with Gasteiger partial charge in [-0.2, -0.15) is 0 Å². The van der Waals surface area contributed by atoms with E-state index in [0.29, 0.717) is 25.2 Å². The van der Waals surface area contributed by atoms with E-state index in [4.69, 9.17) is 9.47 Å². The number of allylic oxidation sites excluding steroid dienone is 1. The quantitative estimate of drug-likeness (QED) is 0.750. The first-order chi connectivity index (χ1) is 12.7. The van der Waals surface area contributed by atoms with Crippen molar-refractivity contribution < 1.29 is 19.1 Å². The van der Waals surface area contributed by atoms with Crippen molar-refractivity contribution in [1.29, 1.82) is 0 Å². The Morgan fingerprint density at radius 2 is 1.93 bits per heavy atom. The van der Waals surface area contributed by atoms with Crippen LogP contribution in [-0.2, 0) is 9.47 Å². The van der Waals surface area contributed by atoms with E-state index in [1.807, 2.05) is 52.0 Å². The standard InChI is InChI=1S/C21H30N2O4/c1-7-8-16-13-17(19(24)26-6)9-10-18(16)23-12-11-22(14-15(23)2)20(25)27-21(3,4)5/h7-10,13,15H,11-12,14H2,1-6H3/t15-/m1/s1. The van der Waals surface area contributed by atoms with Crippen LogP contribution in [0.2, 0.25) is 0 Å². The lowest BCUT2D eigenvalue weighted by molar-refractivity contribution is 0.0218. The second-order valence-corrected chi connectivity index (χ2v) is 7.73. The second-order valence-electron chi connectivity index (χ2n) is 7.73. The number of amides is 1. The lowest BCUT2D eigenvalue weighted by atomic mass is 10.0. The Hall–Kier alpha value is -2.50. The number of carbonyl (C=O) groups is 2. The van der Waals surface area contributed by atoms with Crippen molar-refractivity contribution >= 4 is 23.8 Å². The van der Waals surface area contributed by atoms with Gasteiger partial charge in [-0.3, -0.25) is 0 Å². The van der Waals surface area contributed by atoms with Crippen LogP contribution in [0.15, 0.2) is 24.3 Å². The predicted octanol–water partition coefficient (Wildman–Crippen LogP) is 3.95. The zero-order chi connectivity index (χ0) is 20.2. The number of anilines is 1. The Morgan fingerprint density at radius 1 is 1.22 bits per heavy atom. The summed E-state index contributed by atoms with van der Waals surface area (Å²) in [6.07, 6.45) is 3.65. The molecular formula is C21H30N2O4. The first-order valence-corrected chi connectivity index (χ1v) is 9.26. The third-order valence-electron chi connectivity index (χ3n) is 4.38. The van der Waals surface area contributed by atoms with Crippen molar-refractivity contribution in [3.8, 4) is 0 Å². The highest BCUT2D eigenvalue weighted by molar-refractivity contribution is 5.91. The topological polar surface area (TPSA) is 59.1 Å². The molecule has 1 saturated heterocycles. The number of ether oxygens (including phenoxy) is 2. The lowest BCUT2D eigenvalue weighted by Crippen LogP contribution is -2.54. The molecule has 1 heterocycles. The Morgan fingerprint density at radius 3 is 2.48 bits per heavy atom. The minimum atomic E-state index is -0.500. The van der Waals surface area contributed by atoms with E-state index < -0.39 is 5.60 Å². The van der Waals surface area contributed by atoms with E-state index in [-0.39, 0.29) is 18.1 Å². The summed E-state index contributed by atoms with van der Waals surface area (Å²) in [4.78, 5) is 28.2. The summed E-state index contributed by atoms with van der Waals surface area (Å²) in [5.74, 6) is -0.352. The molecule has 0 N–H and O–H groups in total. The van der Waals surface area contributed by atoms with E-state index in [0.717, 1.165) is 11.3 Å². The van der Waals surface area contributed by atoms with Gasteiger partial charge in [0.1, 0.15) is 5.60 Å². The molecule has 1 amide bonds. The minimum Gasteiger partial charge on any atom is -0.465 e. The van der Waals surface area contributed by atoms with E-state index in [1.165, 1.54) is 7.11 Å². The molecule has 0 radical (unpaired) electrons. The molecule has 0 spiro atoms. The fraction of sp³-hybridized carbons (Fsp3) is 0.524. The molecule has 6 nitrogen and oxygen atoms in total. The van der Waals surface area contributed by atoms with Gasteiger partial charge in [0.15, 0.2) is 0 Å². The van der Waals surface area contributed by atoms with Gasteiger partial charge in [0.05, 0.1) is 12.7 Å². The van der Waals surface area contributed by atoms with Crippen molar-refractivity contribution in [2.75, 3.05) is 31.6 Å². The van der Waals surface area contributed by atoms with Crippen molar-refractivity contribution in [3.63, 3.8) is 0 Å². The smallest absolute Gasteiger partial charge is 0.410 e. The number of hydrogen-bond donors (Lipinski definition) is 0. The molecule has 27 heavy (non-hydrogen) atoms. The van der Waals surface area contributed by atoms with E-state index >= 15 is 0 Å². The minimum absolute atomic E-state index is 0.124. The Bertz CT molecular complexity index is 721. The first-order valence-electron chi connectivity index (χ1n) is 9.26. The van der Waals surface area contributed by atoms with Crippen LogP contribution in [-0.4, -0.2) is 55.3 Å². The average molecular weight is 374 g/mol. The summed E-state index contributed by atoms with van der Waals surface area (Å²) in [5, 5.41) is 0. The molecule has 148 valence electrons. The van der Waals surface area contributed by atoms with Crippen LogP contribution in [0.25, 0.3) is 6.08 Å². The summed E-state index contributed by atoms with van der Waals surface area (Å²) >= 11 is 0. The first kappa shape index (κ1) is 20.8. The number of carbonyl (C=O) groups excluding carboxylic acids is 2. The summed E-state index contributed by atoms with van der Waals surface area (Å²) in [6.45, 7) is 11.5. The zero-order valence-corrected chi connectivity index (χ0v) is 17.1. The van der Waals surface area contributed by atoms with Gasteiger partial charge in [-0.05, 0) is 58.4 Å². The monoisotopic (exact) mass is 374 g/mol. The van der Waals surface area contributed by atoms with Crippen molar-refractivity contribution in [2.45, 2.75) is 46.3 Å². The number of hydrogen-bond acceptors (Lipinski definition) is 5. The van der Waals surface area contributed by atoms with Gasteiger partial charge in [-0.15, -0.1) is 0 Å². The number of nitrogens with zero attached hydrogens (tertiary/aromatic N) is 2. The van der Waals surface area contributed by atoms with Crippen molar-refractivity contribution in [2.24, 2.45) is 0 Å². The van der Waals surface area contributed by atoms with E-state index in [9.17, 15) is 9.59 Å². The maximum Gasteiger partial charge on any atom is 0.410 e. The fourth-order valence-corrected chi connectivity index (χ4v) is 3.18. The third kappa shape index (κ3) is 5.25. The number of benzene rings is 1. The largest absolute Gasteiger partial charge is 0.465 e. The van der Waals surface area contributed by atoms with Crippen LogP contribution in [0.1, 0.15) is 50.5 Å². The highest BCUT2D eigenvalue weighted by Crippen LogP contribution is 2.28. The van der Waals surface area contributed by atoms with Crippen LogP contribution in [0, 0.1) is 0 Å². The maximum absolute atomic E-state index is 12.3. The molecule has 1 aliphatic rings. The molecule has 0 aromatic heterocycles. The number of esters is 1. The van der Waals surface area contributed by atoms with Crippen LogP contribution in [0.5, 0.6) is 0 Å². The molecule has 1 aromatic carbocycles. The summed E-state index contributed by atoms with van der Waals surface area (Å²) in [7, 11) is 1.38. The van der Waals surface area contributed by atoms with E-state index in [1.54, 1.807) is 11.0 Å². The van der Waals surface area contributed by atoms with Crippen molar-refractivity contribution in [3.05, 3.63) is 35.4 Å². The highest BCUT2D eigenvalue weighted by atomic mass is 16.6. The molecule has 0 unspecified atom stereocenters. The van der Waals surface area contributed by atoms with Crippen LogP contribution in [0.3, 0.4) is 0 Å². The molecule has 0 aliphatic carbocycles. The van der Waals surface area contributed by atoms with Crippen LogP contribution in [0.4, 0.5) is 10.5 Å². The van der Waals surface area contributed by atoms with Gasteiger partial charge in [0.25, 0.3) is 0 Å². The molecule has 0 saturated carbocycles. The highest BCUT2D eigenvalue weighted by Gasteiger charge is 2.30. The number of rotatable bonds is 3. The van der Waals surface area contributed by atoms with Crippen LogP contribution >= 0.6 is 0 Å². The zero-order valence-electron chi connectivity index (χ0n) is 17.1. The van der Waals surface area contributed by atoms with Gasteiger partial charge in [-0.25, -0.2) is 9.59 Å². The molecule has 1 fully saturated rings. The summed E-state index contributed by atoms with van der Waals surface area (Å²) < 4.78 is 10.3. The third-order valence-corrected chi connectivity index (χ3v) is 4.38. The van der Waals surface area contributed by atoms with Crippen molar-refractivity contribution in [1.82, 2.24) is 4.90 Å². The van der Waals surface area contributed by atoms with Gasteiger partial charge in [0, 0.05) is 31.4 Å². The summed E-state index contributed by atoms with van der Waals surface area (Å²) in [6, 6.07) is 5.69. The molecule has 6 heteroatoms. The molecule has 2 rings (SSSR count). The number of piperazine rings is 1. The Labute approximate surface area is 161 Å². The van der Waals surface area contributed by atoms with Crippen LogP contribution < -0.4 is 4.90 Å². The molecular weight excluding hydrogens is 344 g/mol. The van der Waals surface area contributed by atoms with Gasteiger partial charge in [-0.1, -0.05) is 12.2 Å². The maximum atomic E-state index is 12.3. The van der Waals surface area contributed by atoms with Gasteiger partial charge >= 0.3 is 12.1 Å². The molecule has 1 aromatic rings. The second kappa shape index (κ2) is 8.46. The van der Waals surface area contributed by atoms with Gasteiger partial charge < -0.3 is 19.3 Å². The van der Waals surface area contributed by atoms with Gasteiger partial charge in [0.2, 0.25) is 0 Å². The average Bonchev–Trinajstić information content (AvgIpc) is 2.60. The Kier molecular flexibility index (Phi) is 6.52. The molecule has 0 bridgehead atoms. The molecule has 1 aliphatic heterocycles. The van der Waals surface area contributed by atoms with E-state index in [2.05, 4.69) is 11.8 Å². The molecule has 1 atom stereocenters. The SMILES string of the molecule is CC=Cc1cc(C(=O)OC)ccc1N1CCN(C(=O)OC(C)(C)C)C[C@H]1C. The normalized spacial score (nSPS) is 17.9. The summed E-state index contributed by atoms with van der Waals surface area (Å²) in [5.41, 5.74) is 2.02.